The minimum absolute atomic E-state index is 0.0442. The number of primary amides is 1. The van der Waals surface area contributed by atoms with E-state index in [4.69, 9.17) is 17.2 Å². The van der Waals surface area contributed by atoms with Crippen LogP contribution in [0.2, 0.25) is 0 Å². The van der Waals surface area contributed by atoms with Gasteiger partial charge in [-0.3, -0.25) is 9.59 Å². The highest BCUT2D eigenvalue weighted by Crippen LogP contribution is 2.22. The lowest BCUT2D eigenvalue weighted by atomic mass is 10.3. The summed E-state index contributed by atoms with van der Waals surface area (Å²) in [6.45, 7) is 5.45. The molecule has 0 saturated carbocycles. The number of carbonyl (C=O) groups excluding carboxylic acids is 2. The lowest BCUT2D eigenvalue weighted by Crippen LogP contribution is -2.38. The molecule has 0 aliphatic rings. The van der Waals surface area contributed by atoms with Gasteiger partial charge in [0.2, 0.25) is 5.91 Å². The van der Waals surface area contributed by atoms with Crippen molar-refractivity contribution in [3.8, 4) is 0 Å². The highest BCUT2D eigenvalue weighted by Gasteiger charge is 2.11. The minimum Gasteiger partial charge on any atom is -0.368 e. The Kier molecular flexibility index (Phi) is 12.8. The van der Waals surface area contributed by atoms with Crippen LogP contribution in [0.5, 0.6) is 0 Å². The Hall–Kier alpha value is -0.240. The van der Waals surface area contributed by atoms with Crippen molar-refractivity contribution in [1.29, 1.82) is 0 Å². The quantitative estimate of drug-likeness (QED) is 0.446. The smallest absolute Gasteiger partial charge is 0.235 e. The van der Waals surface area contributed by atoms with Crippen molar-refractivity contribution in [1.82, 2.24) is 0 Å². The lowest BCUT2D eigenvalue weighted by molar-refractivity contribution is -0.119. The molecule has 5 nitrogen and oxygen atoms in total. The maximum atomic E-state index is 10.7. The molecule has 0 aromatic rings. The summed E-state index contributed by atoms with van der Waals surface area (Å²) >= 11 is 0. The zero-order valence-corrected chi connectivity index (χ0v) is 11.6. The van der Waals surface area contributed by atoms with Crippen LogP contribution in [0.3, 0.4) is 0 Å². The summed E-state index contributed by atoms with van der Waals surface area (Å²) in [5.74, 6) is 0.391. The second kappa shape index (κ2) is 11.3. The first-order chi connectivity index (χ1) is 7.45. The first-order valence-electron chi connectivity index (χ1n) is 5.00. The second-order valence-electron chi connectivity index (χ2n) is 2.80. The van der Waals surface area contributed by atoms with Crippen LogP contribution >= 0.6 is 21.6 Å². The Morgan fingerprint density at radius 2 is 1.44 bits per heavy atom. The van der Waals surface area contributed by atoms with Gasteiger partial charge in [-0.1, -0.05) is 35.4 Å². The first-order valence-corrected chi connectivity index (χ1v) is 7.49. The van der Waals surface area contributed by atoms with Gasteiger partial charge in [0, 0.05) is 11.5 Å². The van der Waals surface area contributed by atoms with Gasteiger partial charge in [0.05, 0.1) is 12.1 Å². The summed E-state index contributed by atoms with van der Waals surface area (Å²) in [6, 6.07) is -1.08. The van der Waals surface area contributed by atoms with E-state index in [9.17, 15) is 9.59 Å². The van der Waals surface area contributed by atoms with E-state index in [1.54, 1.807) is 0 Å². The molecule has 16 heavy (non-hydrogen) atoms. The number of amides is 1. The van der Waals surface area contributed by atoms with E-state index in [1.807, 2.05) is 13.8 Å². The van der Waals surface area contributed by atoms with Crippen LogP contribution in [0, 0.1) is 0 Å². The van der Waals surface area contributed by atoms with Crippen molar-refractivity contribution in [2.75, 3.05) is 11.5 Å². The number of hydrogen-bond donors (Lipinski definition) is 3. The summed E-state index contributed by atoms with van der Waals surface area (Å²) in [5, 5.41) is 0. The fraction of sp³-hybridized carbons (Fsp3) is 0.778. The summed E-state index contributed by atoms with van der Waals surface area (Å²) in [5.41, 5.74) is 15.8. The molecule has 0 fully saturated rings. The SMILES string of the molecule is CC.CC(=O)[C@@H](N)CSSC[C@H](N)C(N)=O. The van der Waals surface area contributed by atoms with E-state index in [0.717, 1.165) is 0 Å². The number of carbonyl (C=O) groups is 2. The molecule has 0 rings (SSSR count). The molecular formula is C9H21N3O2S2. The number of hydrogen-bond acceptors (Lipinski definition) is 6. The summed E-state index contributed by atoms with van der Waals surface area (Å²) in [4.78, 5) is 21.3. The maximum Gasteiger partial charge on any atom is 0.235 e. The Balaban J connectivity index is 0. The van der Waals surface area contributed by atoms with Crippen molar-refractivity contribution in [3.63, 3.8) is 0 Å². The predicted octanol–water partition coefficient (Wildman–Crippen LogP) is 0.123. The lowest BCUT2D eigenvalue weighted by Gasteiger charge is -2.08. The Morgan fingerprint density at radius 1 is 1.06 bits per heavy atom. The number of rotatable bonds is 7. The van der Waals surface area contributed by atoms with Gasteiger partial charge in [0.1, 0.15) is 5.78 Å². The van der Waals surface area contributed by atoms with Crippen LogP contribution in [0.1, 0.15) is 20.8 Å². The van der Waals surface area contributed by atoms with E-state index in [1.165, 1.54) is 28.5 Å². The van der Waals surface area contributed by atoms with Gasteiger partial charge < -0.3 is 17.2 Å². The Bertz CT molecular complexity index is 193. The van der Waals surface area contributed by atoms with Crippen molar-refractivity contribution in [3.05, 3.63) is 0 Å². The van der Waals surface area contributed by atoms with Crippen LogP contribution in [0.25, 0.3) is 0 Å². The second-order valence-corrected chi connectivity index (χ2v) is 5.35. The highest BCUT2D eigenvalue weighted by molar-refractivity contribution is 8.76. The largest absolute Gasteiger partial charge is 0.368 e. The molecule has 1 amide bonds. The Morgan fingerprint density at radius 3 is 1.75 bits per heavy atom. The van der Waals surface area contributed by atoms with Crippen molar-refractivity contribution < 1.29 is 9.59 Å². The zero-order valence-electron chi connectivity index (χ0n) is 9.93. The molecule has 0 spiro atoms. The number of Topliss-reactive ketones (excluding diaryl/α,β-unsaturated/α-hetero) is 1. The fourth-order valence-corrected chi connectivity index (χ4v) is 2.78. The van der Waals surface area contributed by atoms with E-state index in [2.05, 4.69) is 0 Å². The van der Waals surface area contributed by atoms with Crippen LogP contribution in [-0.4, -0.2) is 35.3 Å². The molecular weight excluding hydrogens is 246 g/mol. The molecule has 96 valence electrons. The molecule has 0 radical (unpaired) electrons. The molecule has 7 heteroatoms. The van der Waals surface area contributed by atoms with Crippen molar-refractivity contribution >= 4 is 33.3 Å². The molecule has 0 aromatic heterocycles. The molecule has 0 aliphatic carbocycles. The average molecular weight is 267 g/mol. The number of ketones is 1. The van der Waals surface area contributed by atoms with Gasteiger partial charge in [0.25, 0.3) is 0 Å². The monoisotopic (exact) mass is 267 g/mol. The van der Waals surface area contributed by atoms with Gasteiger partial charge in [-0.05, 0) is 6.92 Å². The molecule has 0 heterocycles. The van der Waals surface area contributed by atoms with Gasteiger partial charge in [-0.15, -0.1) is 0 Å². The molecule has 0 bridgehead atoms. The van der Waals surface area contributed by atoms with E-state index in [0.29, 0.717) is 11.5 Å². The zero-order chi connectivity index (χ0) is 13.1. The number of nitrogens with two attached hydrogens (primary N) is 3. The van der Waals surface area contributed by atoms with E-state index < -0.39 is 18.0 Å². The normalized spacial score (nSPS) is 13.3. The third kappa shape index (κ3) is 10.3. The molecule has 0 aliphatic heterocycles. The van der Waals surface area contributed by atoms with Crippen LogP contribution in [0.4, 0.5) is 0 Å². The van der Waals surface area contributed by atoms with Gasteiger partial charge in [-0.25, -0.2) is 0 Å². The van der Waals surface area contributed by atoms with E-state index in [-0.39, 0.29) is 5.78 Å². The molecule has 2 atom stereocenters. The van der Waals surface area contributed by atoms with Crippen LogP contribution in [-0.2, 0) is 9.59 Å². The maximum absolute atomic E-state index is 10.7. The third-order valence-electron chi connectivity index (χ3n) is 1.47. The standard InChI is InChI=1S/C7H15N3O2S2.C2H6/c1-4(11)5(8)2-13-14-3-6(9)7(10)12;1-2/h5-6H,2-3,8-9H2,1H3,(H2,10,12);1-2H3/t5-,6-;/m0./s1. The highest BCUT2D eigenvalue weighted by atomic mass is 33.1. The molecule has 0 saturated heterocycles. The van der Waals surface area contributed by atoms with Crippen LogP contribution in [0.15, 0.2) is 0 Å². The van der Waals surface area contributed by atoms with Crippen LogP contribution < -0.4 is 17.2 Å². The average Bonchev–Trinajstić information content (AvgIpc) is 2.26. The van der Waals surface area contributed by atoms with Gasteiger partial charge in [-0.2, -0.15) is 0 Å². The van der Waals surface area contributed by atoms with Gasteiger partial charge in [0.15, 0.2) is 0 Å². The first kappa shape index (κ1) is 18.1. The molecule has 6 N–H and O–H groups in total. The summed E-state index contributed by atoms with van der Waals surface area (Å²) in [7, 11) is 2.81. The minimum atomic E-state index is -0.638. The molecule has 0 aromatic carbocycles. The van der Waals surface area contributed by atoms with Crippen molar-refractivity contribution in [2.24, 2.45) is 17.2 Å². The summed E-state index contributed by atoms with van der Waals surface area (Å²) < 4.78 is 0. The molecule has 0 unspecified atom stereocenters. The summed E-state index contributed by atoms with van der Waals surface area (Å²) in [6.07, 6.45) is 0. The topological polar surface area (TPSA) is 112 Å². The van der Waals surface area contributed by atoms with E-state index >= 15 is 0 Å². The third-order valence-corrected chi connectivity index (χ3v) is 3.94. The van der Waals surface area contributed by atoms with Crippen molar-refractivity contribution in [2.45, 2.75) is 32.9 Å². The fourth-order valence-electron chi connectivity index (χ4n) is 0.442. The Labute approximate surface area is 105 Å². The van der Waals surface area contributed by atoms with Gasteiger partial charge >= 0.3 is 0 Å². The predicted molar refractivity (Wildman–Crippen MR) is 72.1 cm³/mol.